The van der Waals surface area contributed by atoms with Crippen LogP contribution in [-0.2, 0) is 9.59 Å². The molecule has 7 nitrogen and oxygen atoms in total. The molecule has 0 aliphatic carbocycles. The highest BCUT2D eigenvalue weighted by molar-refractivity contribution is 7.14. The fourth-order valence-electron chi connectivity index (χ4n) is 3.03. The summed E-state index contributed by atoms with van der Waals surface area (Å²) in [4.78, 5) is 32.1. The average Bonchev–Trinajstić information content (AvgIpc) is 3.27. The van der Waals surface area contributed by atoms with Crippen LogP contribution in [0.2, 0.25) is 0 Å². The van der Waals surface area contributed by atoms with Gasteiger partial charge >= 0.3 is 0 Å². The molecule has 0 fully saturated rings. The van der Waals surface area contributed by atoms with Crippen molar-refractivity contribution >= 4 is 51.6 Å². The topological polar surface area (TPSA) is 78.2 Å². The highest BCUT2D eigenvalue weighted by Gasteiger charge is 2.31. The number of likely N-dealkylation sites (N-methyl/N-ethyl adjacent to an activating group) is 1. The van der Waals surface area contributed by atoms with Crippen LogP contribution in [0.5, 0.6) is 0 Å². The number of rotatable bonds is 4. The molecule has 1 aliphatic heterocycles. The first-order valence-electron chi connectivity index (χ1n) is 8.86. The maximum Gasteiger partial charge on any atom is 0.279 e. The lowest BCUT2D eigenvalue weighted by molar-refractivity contribution is -0.116. The van der Waals surface area contributed by atoms with E-state index in [4.69, 9.17) is 0 Å². The van der Waals surface area contributed by atoms with Gasteiger partial charge in [0.15, 0.2) is 10.8 Å². The van der Waals surface area contributed by atoms with Gasteiger partial charge in [0.1, 0.15) is 0 Å². The van der Waals surface area contributed by atoms with Gasteiger partial charge in [-0.2, -0.15) is 5.10 Å². The highest BCUT2D eigenvalue weighted by Crippen LogP contribution is 2.29. The number of hydrogen-bond donors (Lipinski definition) is 0. The van der Waals surface area contributed by atoms with E-state index in [0.717, 1.165) is 16.9 Å². The zero-order valence-electron chi connectivity index (χ0n) is 15.8. The van der Waals surface area contributed by atoms with Gasteiger partial charge in [-0.25, -0.2) is 4.98 Å². The summed E-state index contributed by atoms with van der Waals surface area (Å²) in [6.45, 7) is 1.49. The number of thiazole rings is 1. The van der Waals surface area contributed by atoms with E-state index in [9.17, 15) is 9.59 Å². The first kappa shape index (κ1) is 18.7. The Balaban J connectivity index is 1.58. The highest BCUT2D eigenvalue weighted by atomic mass is 32.1. The Morgan fingerprint density at radius 1 is 1.14 bits per heavy atom. The zero-order chi connectivity index (χ0) is 20.4. The molecule has 0 saturated carbocycles. The van der Waals surface area contributed by atoms with Crippen molar-refractivity contribution in [3.8, 4) is 0 Å². The smallest absolute Gasteiger partial charge is 0.279 e. The third-order valence-electron chi connectivity index (χ3n) is 4.41. The van der Waals surface area contributed by atoms with Crippen LogP contribution < -0.4 is 9.80 Å². The lowest BCUT2D eigenvalue weighted by Gasteiger charge is -2.17. The van der Waals surface area contributed by atoms with Crippen LogP contribution >= 0.6 is 11.3 Å². The fourth-order valence-corrected chi connectivity index (χ4v) is 3.87. The number of aromatic nitrogens is 1. The number of anilines is 3. The van der Waals surface area contributed by atoms with E-state index in [1.807, 2.05) is 54.6 Å². The van der Waals surface area contributed by atoms with Gasteiger partial charge in [-0.15, -0.1) is 16.4 Å². The summed E-state index contributed by atoms with van der Waals surface area (Å²) in [5, 5.41) is 10.5. The molecule has 0 atom stereocenters. The summed E-state index contributed by atoms with van der Waals surface area (Å²) in [6, 6.07) is 16.8. The lowest BCUT2D eigenvalue weighted by Crippen LogP contribution is -2.25. The van der Waals surface area contributed by atoms with Crippen LogP contribution in [0.15, 0.2) is 70.2 Å². The first-order valence-corrected chi connectivity index (χ1v) is 9.74. The maximum absolute atomic E-state index is 12.4. The van der Waals surface area contributed by atoms with Crippen molar-refractivity contribution in [2.45, 2.75) is 6.92 Å². The minimum absolute atomic E-state index is 0.134. The Labute approximate surface area is 171 Å². The molecule has 2 aromatic carbocycles. The van der Waals surface area contributed by atoms with Crippen molar-refractivity contribution in [2.75, 3.05) is 16.8 Å². The summed E-state index contributed by atoms with van der Waals surface area (Å²) in [6.07, 6.45) is 1.48. The van der Waals surface area contributed by atoms with Gasteiger partial charge in [0.05, 0.1) is 23.3 Å². The molecule has 2 amide bonds. The Kier molecular flexibility index (Phi) is 5.01. The van der Waals surface area contributed by atoms with Crippen molar-refractivity contribution in [1.29, 1.82) is 0 Å². The number of fused-ring (bicyclic) bond motifs is 1. The largest absolute Gasteiger partial charge is 0.309 e. The van der Waals surface area contributed by atoms with Crippen LogP contribution in [0.3, 0.4) is 0 Å². The molecule has 2 heterocycles. The fraction of sp³-hybridized carbons (Fsp3) is 0.0952. The number of carbonyl (C=O) groups excluding carboxylic acids is 2. The van der Waals surface area contributed by atoms with E-state index in [1.165, 1.54) is 24.5 Å². The number of carbonyl (C=O) groups is 2. The van der Waals surface area contributed by atoms with Crippen LogP contribution in [0.4, 0.5) is 16.5 Å². The molecule has 0 bridgehead atoms. The molecule has 1 aromatic heterocycles. The molecule has 0 saturated heterocycles. The number of nitrogens with zero attached hydrogens (tertiary/aromatic N) is 5. The molecular formula is C21H17N5O2S. The molecular weight excluding hydrogens is 386 g/mol. The number of hydrogen-bond acceptors (Lipinski definition) is 6. The molecule has 29 heavy (non-hydrogen) atoms. The summed E-state index contributed by atoms with van der Waals surface area (Å²) in [7, 11) is 1.71. The van der Waals surface area contributed by atoms with Crippen molar-refractivity contribution in [1.82, 2.24) is 4.98 Å². The Hall–Kier alpha value is -3.65. The number of benzene rings is 2. The second-order valence-electron chi connectivity index (χ2n) is 6.32. The molecule has 0 unspecified atom stereocenters. The Bertz CT molecular complexity index is 1140. The summed E-state index contributed by atoms with van der Waals surface area (Å²) < 4.78 is 0. The molecule has 0 spiro atoms. The lowest BCUT2D eigenvalue weighted by atomic mass is 10.1. The van der Waals surface area contributed by atoms with E-state index < -0.39 is 0 Å². The van der Waals surface area contributed by atoms with Gasteiger partial charge in [-0.05, 0) is 18.2 Å². The van der Waals surface area contributed by atoms with Crippen LogP contribution in [0.25, 0.3) is 0 Å². The molecule has 3 aromatic rings. The van der Waals surface area contributed by atoms with Crippen molar-refractivity contribution in [3.63, 3.8) is 0 Å². The monoisotopic (exact) mass is 403 g/mol. The minimum Gasteiger partial charge on any atom is -0.309 e. The van der Waals surface area contributed by atoms with Crippen molar-refractivity contribution < 1.29 is 9.59 Å². The van der Waals surface area contributed by atoms with Gasteiger partial charge in [-0.1, -0.05) is 36.4 Å². The average molecular weight is 403 g/mol. The third-order valence-corrected chi connectivity index (χ3v) is 5.25. The van der Waals surface area contributed by atoms with Gasteiger partial charge < -0.3 is 4.90 Å². The predicted molar refractivity (Wildman–Crippen MR) is 115 cm³/mol. The standard InChI is InChI=1S/C21H17N5O2S/c1-14(27)26(16-8-4-3-5-9-16)21-23-15(13-29-21)12-22-24-19-17-10-6-7-11-18(17)25(2)20(19)28/h3-13H,1-2H3/b22-12-,24-19+. The van der Waals surface area contributed by atoms with Gasteiger partial charge in [0, 0.05) is 24.9 Å². The first-order chi connectivity index (χ1) is 14.1. The Morgan fingerprint density at radius 3 is 2.62 bits per heavy atom. The van der Waals surface area contributed by atoms with Crippen LogP contribution in [0.1, 0.15) is 18.2 Å². The van der Waals surface area contributed by atoms with E-state index in [2.05, 4.69) is 15.2 Å². The normalized spacial score (nSPS) is 14.6. The second-order valence-corrected chi connectivity index (χ2v) is 7.16. The van der Waals surface area contributed by atoms with Gasteiger partial charge in [-0.3, -0.25) is 14.5 Å². The molecule has 4 rings (SSSR count). The molecule has 0 radical (unpaired) electrons. The predicted octanol–water partition coefficient (Wildman–Crippen LogP) is 3.63. The maximum atomic E-state index is 12.4. The van der Waals surface area contributed by atoms with Gasteiger partial charge in [0.25, 0.3) is 5.91 Å². The van der Waals surface area contributed by atoms with E-state index in [-0.39, 0.29) is 11.8 Å². The van der Waals surface area contributed by atoms with Crippen molar-refractivity contribution in [3.05, 3.63) is 71.2 Å². The summed E-state index contributed by atoms with van der Waals surface area (Å²) in [5.74, 6) is -0.334. The number of para-hydroxylation sites is 2. The van der Waals surface area contributed by atoms with Gasteiger partial charge in [0.2, 0.25) is 5.91 Å². The van der Waals surface area contributed by atoms with Crippen LogP contribution in [-0.4, -0.2) is 35.8 Å². The minimum atomic E-state index is -0.200. The van der Waals surface area contributed by atoms with E-state index in [1.54, 1.807) is 22.2 Å². The van der Waals surface area contributed by atoms with Crippen LogP contribution in [0, 0.1) is 0 Å². The third kappa shape index (κ3) is 3.57. The SMILES string of the molecule is CC(=O)N(c1ccccc1)c1nc(/C=N\N=C2\C(=O)N(C)c3ccccc32)cs1. The quantitative estimate of drug-likeness (QED) is 0.493. The number of amides is 2. The summed E-state index contributed by atoms with van der Waals surface area (Å²) in [5.41, 5.74) is 3.16. The molecule has 144 valence electrons. The van der Waals surface area contributed by atoms with E-state index in [0.29, 0.717) is 16.5 Å². The molecule has 8 heteroatoms. The Morgan fingerprint density at radius 2 is 1.86 bits per heavy atom. The summed E-state index contributed by atoms with van der Waals surface area (Å²) >= 11 is 1.33. The van der Waals surface area contributed by atoms with Crippen molar-refractivity contribution in [2.24, 2.45) is 10.2 Å². The van der Waals surface area contributed by atoms with E-state index >= 15 is 0 Å². The molecule has 0 N–H and O–H groups in total. The second kappa shape index (κ2) is 7.76. The molecule has 1 aliphatic rings. The zero-order valence-corrected chi connectivity index (χ0v) is 16.6.